The largest absolute Gasteiger partial charge is 0.322 e. The van der Waals surface area contributed by atoms with Crippen LogP contribution in [0.5, 0.6) is 0 Å². The van der Waals surface area contributed by atoms with Crippen LogP contribution < -0.4 is 5.32 Å². The van der Waals surface area contributed by atoms with Gasteiger partial charge in [0, 0.05) is 37.4 Å². The second kappa shape index (κ2) is 9.20. The summed E-state index contributed by atoms with van der Waals surface area (Å²) in [6.07, 6.45) is 0. The van der Waals surface area contributed by atoms with Crippen molar-refractivity contribution >= 4 is 21.6 Å². The summed E-state index contributed by atoms with van der Waals surface area (Å²) in [4.78, 5) is 19.7. The first kappa shape index (κ1) is 22.1. The molecule has 1 saturated heterocycles. The van der Waals surface area contributed by atoms with E-state index in [2.05, 4.69) is 15.2 Å². The fraction of sp³-hybridized carbons (Fsp3) is 0.250. The molecule has 0 spiro atoms. The Labute approximate surface area is 188 Å². The van der Waals surface area contributed by atoms with Crippen molar-refractivity contribution in [1.29, 1.82) is 0 Å². The van der Waals surface area contributed by atoms with E-state index in [-0.39, 0.29) is 10.8 Å². The van der Waals surface area contributed by atoms with Gasteiger partial charge >= 0.3 is 0 Å². The van der Waals surface area contributed by atoms with Crippen LogP contribution in [-0.2, 0) is 10.0 Å². The zero-order valence-corrected chi connectivity index (χ0v) is 19.0. The van der Waals surface area contributed by atoms with Gasteiger partial charge in [-0.3, -0.25) is 9.78 Å². The second-order valence-electron chi connectivity index (χ2n) is 7.88. The van der Waals surface area contributed by atoms with Crippen LogP contribution >= 0.6 is 0 Å². The third kappa shape index (κ3) is 4.72. The van der Waals surface area contributed by atoms with Crippen molar-refractivity contribution in [3.05, 3.63) is 78.0 Å². The van der Waals surface area contributed by atoms with Crippen LogP contribution in [0.15, 0.2) is 71.6 Å². The number of nitrogens with zero attached hydrogens (tertiary/aromatic N) is 3. The Kier molecular flexibility index (Phi) is 6.36. The number of hydrogen-bond donors (Lipinski definition) is 1. The number of sulfonamides is 1. The Hall–Kier alpha value is -3.07. The summed E-state index contributed by atoms with van der Waals surface area (Å²) in [5, 5.41) is 2.81. The van der Waals surface area contributed by atoms with Crippen molar-refractivity contribution in [1.82, 2.24) is 14.2 Å². The predicted octanol–water partition coefficient (Wildman–Crippen LogP) is 3.25. The number of rotatable bonds is 5. The second-order valence-corrected chi connectivity index (χ2v) is 9.82. The maximum atomic E-state index is 13.0. The van der Waals surface area contributed by atoms with Crippen LogP contribution in [0.25, 0.3) is 11.3 Å². The molecule has 166 valence electrons. The van der Waals surface area contributed by atoms with Gasteiger partial charge in [-0.05, 0) is 44.3 Å². The summed E-state index contributed by atoms with van der Waals surface area (Å²) in [7, 11) is -1.63. The van der Waals surface area contributed by atoms with Gasteiger partial charge in [0.2, 0.25) is 10.0 Å². The fourth-order valence-corrected chi connectivity index (χ4v) is 5.15. The molecule has 2 heterocycles. The molecule has 4 rings (SSSR count). The monoisotopic (exact) mass is 450 g/mol. The van der Waals surface area contributed by atoms with Crippen LogP contribution in [0, 0.1) is 6.92 Å². The Balaban J connectivity index is 1.52. The average Bonchev–Trinajstić information content (AvgIpc) is 2.80. The lowest BCUT2D eigenvalue weighted by Crippen LogP contribution is -2.47. The summed E-state index contributed by atoms with van der Waals surface area (Å²) in [5.41, 5.74) is 3.24. The highest BCUT2D eigenvalue weighted by atomic mass is 32.2. The SMILES string of the molecule is Cc1nc(-c2ccccc2)ccc1C(=O)Nc1cccc(S(=O)(=O)N2CCN(C)CC2)c1. The van der Waals surface area contributed by atoms with Crippen molar-refractivity contribution in [3.8, 4) is 11.3 Å². The van der Waals surface area contributed by atoms with Crippen molar-refractivity contribution in [3.63, 3.8) is 0 Å². The maximum Gasteiger partial charge on any atom is 0.257 e. The minimum absolute atomic E-state index is 0.175. The molecule has 1 aliphatic rings. The molecule has 7 nitrogen and oxygen atoms in total. The Morgan fingerprint density at radius 1 is 0.938 bits per heavy atom. The third-order valence-corrected chi connectivity index (χ3v) is 7.49. The van der Waals surface area contributed by atoms with Crippen molar-refractivity contribution < 1.29 is 13.2 Å². The van der Waals surface area contributed by atoms with E-state index in [1.54, 1.807) is 31.2 Å². The van der Waals surface area contributed by atoms with E-state index in [0.29, 0.717) is 43.1 Å². The lowest BCUT2D eigenvalue weighted by Gasteiger charge is -2.31. The molecular weight excluding hydrogens is 424 g/mol. The van der Waals surface area contributed by atoms with Crippen LogP contribution in [0.4, 0.5) is 5.69 Å². The molecule has 0 aliphatic carbocycles. The number of piperazine rings is 1. The molecule has 32 heavy (non-hydrogen) atoms. The van der Waals surface area contributed by atoms with Gasteiger partial charge in [0.1, 0.15) is 0 Å². The van der Waals surface area contributed by atoms with Gasteiger partial charge in [-0.25, -0.2) is 8.42 Å². The average molecular weight is 451 g/mol. The van der Waals surface area contributed by atoms with E-state index in [0.717, 1.165) is 11.3 Å². The Morgan fingerprint density at radius 3 is 2.34 bits per heavy atom. The van der Waals surface area contributed by atoms with E-state index in [1.165, 1.54) is 10.4 Å². The molecule has 1 amide bonds. The van der Waals surface area contributed by atoms with Crippen LogP contribution in [0.3, 0.4) is 0 Å². The quantitative estimate of drug-likeness (QED) is 0.645. The van der Waals surface area contributed by atoms with Gasteiger partial charge in [-0.1, -0.05) is 36.4 Å². The zero-order valence-electron chi connectivity index (χ0n) is 18.2. The Bertz CT molecular complexity index is 1220. The van der Waals surface area contributed by atoms with Gasteiger partial charge in [0.25, 0.3) is 5.91 Å². The minimum Gasteiger partial charge on any atom is -0.322 e. The fourth-order valence-electron chi connectivity index (χ4n) is 3.68. The summed E-state index contributed by atoms with van der Waals surface area (Å²) in [6.45, 7) is 4.08. The highest BCUT2D eigenvalue weighted by Crippen LogP contribution is 2.23. The first-order valence-corrected chi connectivity index (χ1v) is 11.9. The number of likely N-dealkylation sites (N-methyl/N-ethyl adjacent to an activating group) is 1. The van der Waals surface area contributed by atoms with E-state index in [4.69, 9.17) is 0 Å². The van der Waals surface area contributed by atoms with Crippen LogP contribution in [0.1, 0.15) is 16.1 Å². The van der Waals surface area contributed by atoms with Crippen molar-refractivity contribution in [2.24, 2.45) is 0 Å². The number of aromatic nitrogens is 1. The molecule has 2 aromatic carbocycles. The maximum absolute atomic E-state index is 13.0. The number of benzene rings is 2. The zero-order chi connectivity index (χ0) is 22.7. The number of nitrogens with one attached hydrogen (secondary N) is 1. The Morgan fingerprint density at radius 2 is 1.66 bits per heavy atom. The first-order valence-electron chi connectivity index (χ1n) is 10.5. The summed E-state index contributed by atoms with van der Waals surface area (Å²) >= 11 is 0. The van der Waals surface area contributed by atoms with E-state index in [9.17, 15) is 13.2 Å². The molecule has 0 bridgehead atoms. The van der Waals surface area contributed by atoms with Crippen molar-refractivity contribution in [2.45, 2.75) is 11.8 Å². The predicted molar refractivity (Wildman–Crippen MR) is 125 cm³/mol. The molecule has 0 atom stereocenters. The standard InChI is InChI=1S/C24H26N4O3S/c1-18-22(11-12-23(25-18)19-7-4-3-5-8-19)24(29)26-20-9-6-10-21(17-20)32(30,31)28-15-13-27(2)14-16-28/h3-12,17H,13-16H2,1-2H3,(H,26,29). The number of anilines is 1. The van der Waals surface area contributed by atoms with Gasteiger partial charge in [0.15, 0.2) is 0 Å². The molecule has 1 aromatic heterocycles. The molecule has 1 fully saturated rings. The number of hydrogen-bond acceptors (Lipinski definition) is 5. The van der Waals surface area contributed by atoms with Gasteiger partial charge in [-0.15, -0.1) is 0 Å². The third-order valence-electron chi connectivity index (χ3n) is 5.59. The lowest BCUT2D eigenvalue weighted by molar-refractivity contribution is 0.102. The lowest BCUT2D eigenvalue weighted by atomic mass is 10.1. The number of pyridine rings is 1. The minimum atomic E-state index is -3.61. The molecule has 1 N–H and O–H groups in total. The van der Waals surface area contributed by atoms with E-state index < -0.39 is 10.0 Å². The smallest absolute Gasteiger partial charge is 0.257 e. The van der Waals surface area contributed by atoms with Gasteiger partial charge < -0.3 is 10.2 Å². The molecular formula is C24H26N4O3S. The molecule has 0 saturated carbocycles. The molecule has 0 unspecified atom stereocenters. The number of amides is 1. The highest BCUT2D eigenvalue weighted by Gasteiger charge is 2.27. The molecule has 1 aliphatic heterocycles. The summed E-state index contributed by atoms with van der Waals surface area (Å²) < 4.78 is 27.5. The summed E-state index contributed by atoms with van der Waals surface area (Å²) in [6, 6.07) is 19.7. The van der Waals surface area contributed by atoms with Gasteiger partial charge in [-0.2, -0.15) is 4.31 Å². The van der Waals surface area contributed by atoms with Crippen molar-refractivity contribution in [2.75, 3.05) is 38.5 Å². The molecule has 3 aromatic rings. The van der Waals surface area contributed by atoms with E-state index in [1.807, 2.05) is 43.4 Å². The number of carbonyl (C=O) groups excluding carboxylic acids is 1. The first-order chi connectivity index (χ1) is 15.3. The van der Waals surface area contributed by atoms with Crippen LogP contribution in [0.2, 0.25) is 0 Å². The normalized spacial score (nSPS) is 15.4. The summed E-state index contributed by atoms with van der Waals surface area (Å²) in [5.74, 6) is -0.330. The number of aryl methyl sites for hydroxylation is 1. The molecule has 0 radical (unpaired) electrons. The van der Waals surface area contributed by atoms with Crippen LogP contribution in [-0.4, -0.2) is 61.7 Å². The van der Waals surface area contributed by atoms with E-state index >= 15 is 0 Å². The van der Waals surface area contributed by atoms with Gasteiger partial charge in [0.05, 0.1) is 21.8 Å². The highest BCUT2D eigenvalue weighted by molar-refractivity contribution is 7.89. The number of carbonyl (C=O) groups is 1. The topological polar surface area (TPSA) is 82.6 Å². The molecule has 8 heteroatoms.